The van der Waals surface area contributed by atoms with Crippen molar-refractivity contribution in [2.24, 2.45) is 0 Å². The van der Waals surface area contributed by atoms with Gasteiger partial charge < -0.3 is 14.9 Å². The second-order valence-corrected chi connectivity index (χ2v) is 8.64. The molecule has 0 aliphatic rings. The summed E-state index contributed by atoms with van der Waals surface area (Å²) in [7, 11) is 0. The first-order chi connectivity index (χ1) is 14.4. The number of aromatic nitrogens is 1. The molecule has 150 valence electrons. The summed E-state index contributed by atoms with van der Waals surface area (Å²) in [6.45, 7) is 1.84. The number of carboxylic acid groups (broad SMARTS) is 1. The van der Waals surface area contributed by atoms with Crippen LogP contribution < -0.4 is 4.74 Å². The molecule has 0 aliphatic carbocycles. The van der Waals surface area contributed by atoms with Crippen LogP contribution in [0.25, 0.3) is 16.2 Å². The van der Waals surface area contributed by atoms with Gasteiger partial charge in [0.15, 0.2) is 5.75 Å². The number of phenolic OH excluding ortho intramolecular Hbond substituents is 1. The van der Waals surface area contributed by atoms with E-state index in [0.717, 1.165) is 21.2 Å². The minimum atomic E-state index is -1.02. The zero-order chi connectivity index (χ0) is 21.3. The van der Waals surface area contributed by atoms with Crippen LogP contribution in [0.2, 0.25) is 0 Å². The Morgan fingerprint density at radius 1 is 1.10 bits per heavy atom. The van der Waals surface area contributed by atoms with Gasteiger partial charge >= 0.3 is 5.97 Å². The number of carbonyl (C=O) groups excluding carboxylic acids is 1. The molecular weight excluding hydrogens is 422 g/mol. The summed E-state index contributed by atoms with van der Waals surface area (Å²) < 4.78 is 6.82. The highest BCUT2D eigenvalue weighted by atomic mass is 32.1. The van der Waals surface area contributed by atoms with E-state index < -0.39 is 5.97 Å². The maximum absolute atomic E-state index is 13.1. The SMILES string of the molecule is Cc1ncc(C(=O)c2sc3cc(O)ccc3c2Oc2ccc(/C=C/C(=O)O)cc2)s1. The fraction of sp³-hybridized carbons (Fsp3) is 0.0455. The van der Waals surface area contributed by atoms with Gasteiger partial charge in [0.25, 0.3) is 0 Å². The molecule has 6 nitrogen and oxygen atoms in total. The summed E-state index contributed by atoms with van der Waals surface area (Å²) in [4.78, 5) is 28.9. The third-order valence-corrected chi connectivity index (χ3v) is 6.24. The van der Waals surface area contributed by atoms with Gasteiger partial charge in [0, 0.05) is 22.4 Å². The van der Waals surface area contributed by atoms with E-state index in [1.807, 2.05) is 6.92 Å². The first-order valence-electron chi connectivity index (χ1n) is 8.82. The fourth-order valence-electron chi connectivity index (χ4n) is 2.82. The summed E-state index contributed by atoms with van der Waals surface area (Å²) in [5.41, 5.74) is 0.710. The van der Waals surface area contributed by atoms with Crippen LogP contribution in [0, 0.1) is 6.92 Å². The number of thiophene rings is 1. The molecule has 4 rings (SSSR count). The summed E-state index contributed by atoms with van der Waals surface area (Å²) in [5, 5.41) is 20.1. The van der Waals surface area contributed by atoms with E-state index in [1.165, 1.54) is 28.7 Å². The number of ether oxygens (including phenoxy) is 1. The van der Waals surface area contributed by atoms with Gasteiger partial charge in [-0.2, -0.15) is 0 Å². The van der Waals surface area contributed by atoms with Crippen molar-refractivity contribution >= 4 is 50.6 Å². The van der Waals surface area contributed by atoms with E-state index in [2.05, 4.69) is 4.98 Å². The quantitative estimate of drug-likeness (QED) is 0.306. The Kier molecular flexibility index (Phi) is 5.35. The van der Waals surface area contributed by atoms with Crippen molar-refractivity contribution in [2.45, 2.75) is 6.92 Å². The first kappa shape index (κ1) is 19.8. The molecule has 8 heteroatoms. The highest BCUT2D eigenvalue weighted by Gasteiger charge is 2.23. The van der Waals surface area contributed by atoms with Crippen molar-refractivity contribution in [3.05, 3.63) is 75.1 Å². The predicted octanol–water partition coefficient (Wildman–Crippen LogP) is 5.49. The summed E-state index contributed by atoms with van der Waals surface area (Å²) in [6, 6.07) is 11.7. The number of hydrogen-bond acceptors (Lipinski definition) is 7. The van der Waals surface area contributed by atoms with Crippen molar-refractivity contribution in [1.82, 2.24) is 4.98 Å². The van der Waals surface area contributed by atoms with Gasteiger partial charge in [-0.25, -0.2) is 9.78 Å². The smallest absolute Gasteiger partial charge is 0.328 e. The molecule has 0 bridgehead atoms. The van der Waals surface area contributed by atoms with Gasteiger partial charge in [-0.05, 0) is 48.9 Å². The third-order valence-electron chi connectivity index (χ3n) is 4.20. The Balaban J connectivity index is 1.73. The number of hydrogen-bond donors (Lipinski definition) is 2. The molecule has 0 aliphatic heterocycles. The summed E-state index contributed by atoms with van der Waals surface area (Å²) in [5.74, 6) is -0.177. The van der Waals surface area contributed by atoms with Crippen LogP contribution in [-0.4, -0.2) is 26.9 Å². The lowest BCUT2D eigenvalue weighted by atomic mass is 10.2. The van der Waals surface area contributed by atoms with Crippen LogP contribution in [0.3, 0.4) is 0 Å². The summed E-state index contributed by atoms with van der Waals surface area (Å²) in [6.07, 6.45) is 4.09. The van der Waals surface area contributed by atoms with Gasteiger partial charge in [-0.1, -0.05) is 12.1 Å². The molecule has 0 fully saturated rings. The van der Waals surface area contributed by atoms with Crippen LogP contribution >= 0.6 is 22.7 Å². The highest BCUT2D eigenvalue weighted by Crippen LogP contribution is 2.43. The number of carboxylic acids is 1. The lowest BCUT2D eigenvalue weighted by Crippen LogP contribution is -1.98. The van der Waals surface area contributed by atoms with Crippen LogP contribution in [0.15, 0.2) is 54.7 Å². The van der Waals surface area contributed by atoms with Crippen molar-refractivity contribution in [1.29, 1.82) is 0 Å². The molecule has 0 saturated carbocycles. The standard InChI is InChI=1S/C22H15NO5S2/c1-12-23-11-18(29-12)20(27)22-21(16-8-5-14(24)10-17(16)30-22)28-15-6-2-13(3-7-15)4-9-19(25)26/h2-11,24H,1H3,(H,25,26)/b9-4+. The number of aliphatic carboxylic acids is 1. The van der Waals surface area contributed by atoms with Crippen LogP contribution in [0.5, 0.6) is 17.2 Å². The van der Waals surface area contributed by atoms with Crippen molar-refractivity contribution in [2.75, 3.05) is 0 Å². The molecule has 0 unspecified atom stereocenters. The molecular formula is C22H15NO5S2. The van der Waals surface area contributed by atoms with Crippen molar-refractivity contribution in [3.63, 3.8) is 0 Å². The number of phenols is 1. The van der Waals surface area contributed by atoms with Gasteiger partial charge in [0.2, 0.25) is 5.78 Å². The zero-order valence-corrected chi connectivity index (χ0v) is 17.3. The molecule has 2 heterocycles. The highest BCUT2D eigenvalue weighted by molar-refractivity contribution is 7.22. The number of ketones is 1. The molecule has 2 aromatic heterocycles. The molecule has 0 atom stereocenters. The molecule has 0 radical (unpaired) electrons. The first-order valence-corrected chi connectivity index (χ1v) is 10.5. The molecule has 2 N–H and O–H groups in total. The number of aryl methyl sites for hydroxylation is 1. The van der Waals surface area contributed by atoms with Crippen LogP contribution in [0.4, 0.5) is 0 Å². The lowest BCUT2D eigenvalue weighted by Gasteiger charge is -2.07. The van der Waals surface area contributed by atoms with Gasteiger partial charge in [-0.15, -0.1) is 22.7 Å². The van der Waals surface area contributed by atoms with Gasteiger partial charge in [0.05, 0.1) is 9.88 Å². The van der Waals surface area contributed by atoms with E-state index >= 15 is 0 Å². The summed E-state index contributed by atoms with van der Waals surface area (Å²) >= 11 is 2.57. The van der Waals surface area contributed by atoms with Gasteiger partial charge in [-0.3, -0.25) is 4.79 Å². The fourth-order valence-corrected chi connectivity index (χ4v) is 4.73. The Hall–Kier alpha value is -3.49. The topological polar surface area (TPSA) is 96.7 Å². The monoisotopic (exact) mass is 437 g/mol. The Labute approximate surface area is 179 Å². The lowest BCUT2D eigenvalue weighted by molar-refractivity contribution is -0.131. The average Bonchev–Trinajstić information content (AvgIpc) is 3.30. The third kappa shape index (κ3) is 4.10. The second-order valence-electron chi connectivity index (χ2n) is 6.36. The Bertz CT molecular complexity index is 1280. The van der Waals surface area contributed by atoms with E-state index in [9.17, 15) is 14.7 Å². The minimum Gasteiger partial charge on any atom is -0.508 e. The number of aromatic hydroxyl groups is 1. The van der Waals surface area contributed by atoms with E-state index in [1.54, 1.807) is 48.7 Å². The molecule has 0 spiro atoms. The zero-order valence-electron chi connectivity index (χ0n) is 15.7. The maximum atomic E-state index is 13.1. The Morgan fingerprint density at radius 3 is 2.53 bits per heavy atom. The largest absolute Gasteiger partial charge is 0.508 e. The average molecular weight is 437 g/mol. The van der Waals surface area contributed by atoms with Crippen LogP contribution in [0.1, 0.15) is 25.1 Å². The second kappa shape index (κ2) is 8.10. The molecule has 30 heavy (non-hydrogen) atoms. The predicted molar refractivity (Wildman–Crippen MR) is 117 cm³/mol. The normalized spacial score (nSPS) is 11.2. The molecule has 0 amide bonds. The number of benzene rings is 2. The molecule has 2 aromatic carbocycles. The van der Waals surface area contributed by atoms with Crippen LogP contribution in [-0.2, 0) is 4.79 Å². The van der Waals surface area contributed by atoms with Crippen molar-refractivity contribution < 1.29 is 24.5 Å². The number of nitrogens with zero attached hydrogens (tertiary/aromatic N) is 1. The number of carbonyl (C=O) groups is 2. The van der Waals surface area contributed by atoms with E-state index in [-0.39, 0.29) is 11.5 Å². The Morgan fingerprint density at radius 2 is 1.87 bits per heavy atom. The number of thiazole rings is 1. The molecule has 0 saturated heterocycles. The minimum absolute atomic E-state index is 0.109. The number of rotatable bonds is 6. The number of fused-ring (bicyclic) bond motifs is 1. The van der Waals surface area contributed by atoms with Gasteiger partial charge in [0.1, 0.15) is 16.4 Å². The maximum Gasteiger partial charge on any atom is 0.328 e. The van der Waals surface area contributed by atoms with E-state index in [0.29, 0.717) is 26.8 Å². The molecule has 4 aromatic rings. The van der Waals surface area contributed by atoms with Crippen molar-refractivity contribution in [3.8, 4) is 17.2 Å². The van der Waals surface area contributed by atoms with E-state index in [4.69, 9.17) is 9.84 Å².